The monoisotopic (exact) mass is 467 g/mol. The molecule has 3 aromatic rings. The number of carbonyl (C=O) groups excluding carboxylic acids is 2. The van der Waals surface area contributed by atoms with Crippen molar-refractivity contribution >= 4 is 23.0 Å². The number of likely N-dealkylation sites (tertiary alicyclic amines) is 1. The number of imidazole rings is 1. The summed E-state index contributed by atoms with van der Waals surface area (Å²) in [5, 5.41) is 0. The van der Waals surface area contributed by atoms with Gasteiger partial charge in [0, 0.05) is 6.54 Å². The Morgan fingerprint density at radius 3 is 2.44 bits per heavy atom. The highest BCUT2D eigenvalue weighted by Gasteiger charge is 2.40. The molecule has 1 unspecified atom stereocenters. The highest BCUT2D eigenvalue weighted by molar-refractivity contribution is 6.00. The zero-order chi connectivity index (χ0) is 24.5. The number of aromatic amines is 1. The SMILES string of the molecule is COc1ccc(OCc2nc3c(C4CCN(C(=O)OC(C)(C)C)C4=O)ccc(OC)c3[nH]2)cc1. The van der Waals surface area contributed by atoms with Crippen LogP contribution in [0.3, 0.4) is 0 Å². The van der Waals surface area contributed by atoms with Gasteiger partial charge in [0.1, 0.15) is 40.8 Å². The highest BCUT2D eigenvalue weighted by atomic mass is 16.6. The van der Waals surface area contributed by atoms with Crippen LogP contribution in [0.5, 0.6) is 17.2 Å². The lowest BCUT2D eigenvalue weighted by Crippen LogP contribution is -2.38. The summed E-state index contributed by atoms with van der Waals surface area (Å²) in [7, 11) is 3.19. The molecule has 2 heterocycles. The van der Waals surface area contributed by atoms with Gasteiger partial charge in [0.05, 0.1) is 25.7 Å². The molecule has 1 atom stereocenters. The van der Waals surface area contributed by atoms with E-state index < -0.39 is 17.6 Å². The molecule has 1 fully saturated rings. The molecule has 1 aromatic heterocycles. The van der Waals surface area contributed by atoms with E-state index in [1.165, 1.54) is 4.90 Å². The molecule has 2 amide bonds. The fraction of sp³-hybridized carbons (Fsp3) is 0.400. The van der Waals surface area contributed by atoms with Gasteiger partial charge in [-0.15, -0.1) is 0 Å². The van der Waals surface area contributed by atoms with E-state index in [-0.39, 0.29) is 12.5 Å². The van der Waals surface area contributed by atoms with Crippen molar-refractivity contribution in [1.29, 1.82) is 0 Å². The van der Waals surface area contributed by atoms with Crippen LogP contribution in [0.4, 0.5) is 4.79 Å². The summed E-state index contributed by atoms with van der Waals surface area (Å²) in [6.45, 7) is 5.82. The summed E-state index contributed by atoms with van der Waals surface area (Å²) in [5.74, 6) is 1.82. The Labute approximate surface area is 198 Å². The lowest BCUT2D eigenvalue weighted by atomic mass is 9.96. The van der Waals surface area contributed by atoms with Gasteiger partial charge in [-0.25, -0.2) is 14.7 Å². The number of ether oxygens (including phenoxy) is 4. The molecular weight excluding hydrogens is 438 g/mol. The first-order valence-corrected chi connectivity index (χ1v) is 11.1. The van der Waals surface area contributed by atoms with Gasteiger partial charge >= 0.3 is 6.09 Å². The number of imide groups is 1. The summed E-state index contributed by atoms with van der Waals surface area (Å²) in [6.07, 6.45) is -0.135. The van der Waals surface area contributed by atoms with Gasteiger partial charge in [0.2, 0.25) is 5.91 Å². The molecule has 9 heteroatoms. The van der Waals surface area contributed by atoms with Crippen molar-refractivity contribution in [2.75, 3.05) is 20.8 Å². The fourth-order valence-corrected chi connectivity index (χ4v) is 3.95. The molecule has 1 aliphatic rings. The zero-order valence-electron chi connectivity index (χ0n) is 20.0. The average Bonchev–Trinajstić information content (AvgIpc) is 3.40. The van der Waals surface area contributed by atoms with Crippen LogP contribution in [0.15, 0.2) is 36.4 Å². The Kier molecular flexibility index (Phi) is 6.37. The van der Waals surface area contributed by atoms with Gasteiger partial charge in [-0.3, -0.25) is 4.79 Å². The second-order valence-electron chi connectivity index (χ2n) is 9.04. The van der Waals surface area contributed by atoms with E-state index in [0.717, 1.165) is 11.3 Å². The number of rotatable bonds is 6. The number of methoxy groups -OCH3 is 2. The quantitative estimate of drug-likeness (QED) is 0.573. The molecule has 0 bridgehead atoms. The first kappa shape index (κ1) is 23.4. The lowest BCUT2D eigenvalue weighted by molar-refractivity contribution is -0.128. The maximum Gasteiger partial charge on any atom is 0.417 e. The number of amides is 2. The number of carbonyl (C=O) groups is 2. The van der Waals surface area contributed by atoms with E-state index >= 15 is 0 Å². The second kappa shape index (κ2) is 9.24. The van der Waals surface area contributed by atoms with Crippen LogP contribution in [0.25, 0.3) is 11.0 Å². The summed E-state index contributed by atoms with van der Waals surface area (Å²) in [6, 6.07) is 10.9. The number of hydrogen-bond acceptors (Lipinski definition) is 7. The van der Waals surface area contributed by atoms with E-state index in [9.17, 15) is 9.59 Å². The number of hydrogen-bond donors (Lipinski definition) is 1. The van der Waals surface area contributed by atoms with Gasteiger partial charge in [0.15, 0.2) is 0 Å². The van der Waals surface area contributed by atoms with Crippen molar-refractivity contribution in [3.05, 3.63) is 47.8 Å². The molecule has 34 heavy (non-hydrogen) atoms. The number of nitrogens with zero attached hydrogens (tertiary/aromatic N) is 2. The van der Waals surface area contributed by atoms with Crippen LogP contribution >= 0.6 is 0 Å². The van der Waals surface area contributed by atoms with Crippen LogP contribution in [0.1, 0.15) is 44.5 Å². The lowest BCUT2D eigenvalue weighted by Gasteiger charge is -2.23. The minimum absolute atomic E-state index is 0.201. The molecule has 0 spiro atoms. The van der Waals surface area contributed by atoms with Crippen LogP contribution in [0, 0.1) is 0 Å². The van der Waals surface area contributed by atoms with E-state index in [4.69, 9.17) is 23.9 Å². The van der Waals surface area contributed by atoms with Gasteiger partial charge in [-0.2, -0.15) is 0 Å². The summed E-state index contributed by atoms with van der Waals surface area (Å²) < 4.78 is 21.9. The van der Waals surface area contributed by atoms with Crippen LogP contribution in [-0.2, 0) is 16.1 Å². The molecule has 0 aliphatic carbocycles. The standard InChI is InChI=1S/C25H29N3O6/c1-25(2,3)34-24(30)28-13-12-18(23(28)29)17-10-11-19(32-5)22-21(17)26-20(27-22)14-33-16-8-6-15(31-4)7-9-16/h6-11,18H,12-14H2,1-5H3,(H,26,27). The Balaban J connectivity index is 1.58. The van der Waals surface area contributed by atoms with E-state index in [0.29, 0.717) is 41.3 Å². The van der Waals surface area contributed by atoms with E-state index in [2.05, 4.69) is 4.98 Å². The predicted octanol–water partition coefficient (Wildman–Crippen LogP) is 4.41. The predicted molar refractivity (Wildman–Crippen MR) is 125 cm³/mol. The molecule has 4 rings (SSSR count). The zero-order valence-corrected chi connectivity index (χ0v) is 20.0. The molecule has 1 N–H and O–H groups in total. The van der Waals surface area contributed by atoms with Crippen molar-refractivity contribution in [2.45, 2.75) is 45.3 Å². The molecule has 180 valence electrons. The van der Waals surface area contributed by atoms with Gasteiger partial charge in [-0.1, -0.05) is 6.07 Å². The number of H-pyrrole nitrogens is 1. The first-order chi connectivity index (χ1) is 16.2. The number of nitrogens with one attached hydrogen (secondary N) is 1. The smallest absolute Gasteiger partial charge is 0.417 e. The minimum Gasteiger partial charge on any atom is -0.497 e. The van der Waals surface area contributed by atoms with Crippen LogP contribution in [0.2, 0.25) is 0 Å². The van der Waals surface area contributed by atoms with Gasteiger partial charge in [0.25, 0.3) is 0 Å². The molecular formula is C25H29N3O6. The third-order valence-corrected chi connectivity index (χ3v) is 5.54. The Morgan fingerprint density at radius 2 is 1.79 bits per heavy atom. The van der Waals surface area contributed by atoms with Crippen molar-refractivity contribution in [1.82, 2.24) is 14.9 Å². The van der Waals surface area contributed by atoms with Crippen LogP contribution < -0.4 is 14.2 Å². The van der Waals surface area contributed by atoms with Crippen molar-refractivity contribution in [2.24, 2.45) is 0 Å². The molecule has 2 aromatic carbocycles. The maximum atomic E-state index is 13.1. The molecule has 0 saturated carbocycles. The highest BCUT2D eigenvalue weighted by Crippen LogP contribution is 2.36. The fourth-order valence-electron chi connectivity index (χ4n) is 3.95. The minimum atomic E-state index is -0.677. The van der Waals surface area contributed by atoms with Gasteiger partial charge in [-0.05, 0) is 63.1 Å². The molecule has 9 nitrogen and oxygen atoms in total. The largest absolute Gasteiger partial charge is 0.497 e. The third-order valence-electron chi connectivity index (χ3n) is 5.54. The Bertz CT molecular complexity index is 1200. The second-order valence-corrected chi connectivity index (χ2v) is 9.04. The summed E-state index contributed by atoms with van der Waals surface area (Å²) in [4.78, 5) is 34.7. The molecule has 1 saturated heterocycles. The molecule has 1 aliphatic heterocycles. The Hall–Kier alpha value is -3.75. The van der Waals surface area contributed by atoms with Crippen molar-refractivity contribution in [3.63, 3.8) is 0 Å². The van der Waals surface area contributed by atoms with Crippen molar-refractivity contribution in [3.8, 4) is 17.2 Å². The summed E-state index contributed by atoms with van der Waals surface area (Å²) in [5.41, 5.74) is 1.36. The number of benzene rings is 2. The number of fused-ring (bicyclic) bond motifs is 1. The first-order valence-electron chi connectivity index (χ1n) is 11.1. The molecule has 0 radical (unpaired) electrons. The summed E-state index contributed by atoms with van der Waals surface area (Å²) >= 11 is 0. The average molecular weight is 468 g/mol. The van der Waals surface area contributed by atoms with E-state index in [1.54, 1.807) is 41.1 Å². The maximum absolute atomic E-state index is 13.1. The normalized spacial score (nSPS) is 16.1. The number of aromatic nitrogens is 2. The van der Waals surface area contributed by atoms with Crippen molar-refractivity contribution < 1.29 is 28.5 Å². The Morgan fingerprint density at radius 1 is 1.09 bits per heavy atom. The topological polar surface area (TPSA) is 103 Å². The third kappa shape index (κ3) is 4.78. The van der Waals surface area contributed by atoms with E-state index in [1.807, 2.05) is 30.3 Å². The van der Waals surface area contributed by atoms with Gasteiger partial charge < -0.3 is 23.9 Å². The van der Waals surface area contributed by atoms with Crippen LogP contribution in [-0.4, -0.2) is 53.2 Å².